The van der Waals surface area contributed by atoms with E-state index >= 15 is 0 Å². The Morgan fingerprint density at radius 1 is 1.32 bits per heavy atom. The molecule has 0 aliphatic carbocycles. The number of nitro groups is 1. The van der Waals surface area contributed by atoms with Crippen molar-refractivity contribution in [1.82, 2.24) is 0 Å². The van der Waals surface area contributed by atoms with Crippen LogP contribution in [0.1, 0.15) is 25.7 Å². The van der Waals surface area contributed by atoms with Crippen LogP contribution in [0.3, 0.4) is 0 Å². The highest BCUT2D eigenvalue weighted by Crippen LogP contribution is 2.20. The van der Waals surface area contributed by atoms with E-state index in [-0.39, 0.29) is 12.1 Å². The molecule has 0 bridgehead atoms. The maximum Gasteiger partial charge on any atom is 0.303 e. The van der Waals surface area contributed by atoms with Crippen LogP contribution in [0.2, 0.25) is 0 Å². The minimum absolute atomic E-state index is 0.130. The van der Waals surface area contributed by atoms with E-state index in [1.165, 1.54) is 12.1 Å². The van der Waals surface area contributed by atoms with Gasteiger partial charge in [-0.05, 0) is 18.9 Å². The smallest absolute Gasteiger partial charge is 0.303 e. The average Bonchev–Trinajstić information content (AvgIpc) is 2.32. The van der Waals surface area contributed by atoms with Crippen molar-refractivity contribution < 1.29 is 19.2 Å². The molecule has 0 amide bonds. The molecule has 0 saturated heterocycles. The molecule has 0 fully saturated rings. The first-order chi connectivity index (χ1) is 8.99. The monoisotopic (exact) mass is 270 g/mol. The lowest BCUT2D eigenvalue weighted by Crippen LogP contribution is -2.03. The predicted octanol–water partition coefficient (Wildman–Crippen LogP) is 2.79. The fourth-order valence-electron chi connectivity index (χ4n) is 1.59. The molecule has 0 aromatic heterocycles. The number of hydrogen-bond donors (Lipinski definition) is 2. The molecule has 0 heterocycles. The zero-order valence-corrected chi connectivity index (χ0v) is 10.3. The molecular formula is C12H15FN2O4. The standard InChI is InChI=1S/C12H15FN2O4/c13-9-6-10(8-11(7-9)15(18)19)14-5-3-1-2-4-12(16)17/h6-8,14H,1-5H2,(H,16,17). The Kier molecular flexibility index (Phi) is 5.72. The largest absolute Gasteiger partial charge is 0.481 e. The van der Waals surface area contributed by atoms with Gasteiger partial charge in [0.05, 0.1) is 11.0 Å². The molecule has 7 heteroatoms. The molecule has 0 spiro atoms. The number of carbonyl (C=O) groups is 1. The van der Waals surface area contributed by atoms with E-state index in [2.05, 4.69) is 5.32 Å². The number of non-ortho nitro benzene ring substituents is 1. The molecule has 2 N–H and O–H groups in total. The predicted molar refractivity (Wildman–Crippen MR) is 67.6 cm³/mol. The summed E-state index contributed by atoms with van der Waals surface area (Å²) in [4.78, 5) is 20.2. The van der Waals surface area contributed by atoms with Crippen LogP contribution in [0, 0.1) is 15.9 Å². The van der Waals surface area contributed by atoms with E-state index in [4.69, 9.17) is 5.11 Å². The number of carboxylic acid groups (broad SMARTS) is 1. The van der Waals surface area contributed by atoms with Crippen molar-refractivity contribution in [3.63, 3.8) is 0 Å². The normalized spacial score (nSPS) is 10.2. The number of nitrogens with one attached hydrogen (secondary N) is 1. The molecule has 1 aromatic rings. The van der Waals surface area contributed by atoms with Crippen molar-refractivity contribution in [2.24, 2.45) is 0 Å². The van der Waals surface area contributed by atoms with Crippen LogP contribution in [-0.2, 0) is 4.79 Å². The third kappa shape index (κ3) is 5.80. The number of nitro benzene ring substituents is 1. The zero-order chi connectivity index (χ0) is 14.3. The van der Waals surface area contributed by atoms with Crippen LogP contribution in [0.15, 0.2) is 18.2 Å². The topological polar surface area (TPSA) is 92.5 Å². The van der Waals surface area contributed by atoms with Gasteiger partial charge in [-0.2, -0.15) is 0 Å². The minimum atomic E-state index is -0.825. The van der Waals surface area contributed by atoms with Gasteiger partial charge in [-0.3, -0.25) is 14.9 Å². The first kappa shape index (κ1) is 14.9. The summed E-state index contributed by atoms with van der Waals surface area (Å²) in [6.45, 7) is 0.514. The first-order valence-corrected chi connectivity index (χ1v) is 5.89. The van der Waals surface area contributed by atoms with E-state index in [0.29, 0.717) is 18.7 Å². The van der Waals surface area contributed by atoms with Gasteiger partial charge in [0.2, 0.25) is 0 Å². The zero-order valence-electron chi connectivity index (χ0n) is 10.3. The molecular weight excluding hydrogens is 255 g/mol. The minimum Gasteiger partial charge on any atom is -0.481 e. The Balaban J connectivity index is 2.37. The van der Waals surface area contributed by atoms with Gasteiger partial charge in [0.15, 0.2) is 0 Å². The van der Waals surface area contributed by atoms with Gasteiger partial charge in [-0.25, -0.2) is 4.39 Å². The summed E-state index contributed by atoms with van der Waals surface area (Å²) in [5.41, 5.74) is 0.0540. The van der Waals surface area contributed by atoms with Crippen LogP contribution in [-0.4, -0.2) is 22.5 Å². The molecule has 0 atom stereocenters. The second-order valence-electron chi connectivity index (χ2n) is 4.09. The van der Waals surface area contributed by atoms with E-state index in [0.717, 1.165) is 18.9 Å². The molecule has 6 nitrogen and oxygen atoms in total. The number of unbranched alkanes of at least 4 members (excludes halogenated alkanes) is 2. The molecule has 0 saturated carbocycles. The van der Waals surface area contributed by atoms with Crippen molar-refractivity contribution in [2.45, 2.75) is 25.7 Å². The second kappa shape index (κ2) is 7.30. The molecule has 1 rings (SSSR count). The number of hydrogen-bond acceptors (Lipinski definition) is 4. The molecule has 19 heavy (non-hydrogen) atoms. The Morgan fingerprint density at radius 2 is 2.05 bits per heavy atom. The van der Waals surface area contributed by atoms with Crippen molar-refractivity contribution >= 4 is 17.3 Å². The lowest BCUT2D eigenvalue weighted by Gasteiger charge is -2.06. The van der Waals surface area contributed by atoms with E-state index in [1.807, 2.05) is 0 Å². The van der Waals surface area contributed by atoms with E-state index in [9.17, 15) is 19.3 Å². The summed E-state index contributed by atoms with van der Waals surface area (Å²) in [6.07, 6.45) is 2.17. The lowest BCUT2D eigenvalue weighted by molar-refractivity contribution is -0.385. The summed E-state index contributed by atoms with van der Waals surface area (Å²) in [7, 11) is 0. The Bertz CT molecular complexity index is 465. The van der Waals surface area contributed by atoms with Gasteiger partial charge >= 0.3 is 5.97 Å². The number of aliphatic carboxylic acids is 1. The Hall–Kier alpha value is -2.18. The highest BCUT2D eigenvalue weighted by molar-refractivity contribution is 5.66. The van der Waals surface area contributed by atoms with Crippen LogP contribution in [0.25, 0.3) is 0 Å². The first-order valence-electron chi connectivity index (χ1n) is 5.89. The van der Waals surface area contributed by atoms with Crippen LogP contribution in [0.5, 0.6) is 0 Å². The summed E-state index contributed by atoms with van der Waals surface area (Å²) in [5.74, 6) is -1.49. The third-order valence-corrected chi connectivity index (χ3v) is 2.49. The summed E-state index contributed by atoms with van der Waals surface area (Å²) < 4.78 is 13.1. The van der Waals surface area contributed by atoms with Gasteiger partial charge < -0.3 is 10.4 Å². The van der Waals surface area contributed by atoms with Crippen molar-refractivity contribution in [1.29, 1.82) is 0 Å². The molecule has 104 valence electrons. The van der Waals surface area contributed by atoms with Crippen molar-refractivity contribution in [3.8, 4) is 0 Å². The van der Waals surface area contributed by atoms with Gasteiger partial charge in [0, 0.05) is 24.7 Å². The second-order valence-corrected chi connectivity index (χ2v) is 4.09. The summed E-state index contributed by atoms with van der Waals surface area (Å²) in [6, 6.07) is 3.31. The van der Waals surface area contributed by atoms with Gasteiger partial charge in [-0.1, -0.05) is 6.42 Å². The van der Waals surface area contributed by atoms with Gasteiger partial charge in [0.1, 0.15) is 5.82 Å². The summed E-state index contributed by atoms with van der Waals surface area (Å²) in [5, 5.41) is 21.9. The number of rotatable bonds is 8. The van der Waals surface area contributed by atoms with E-state index < -0.39 is 16.7 Å². The van der Waals surface area contributed by atoms with Crippen molar-refractivity contribution in [2.75, 3.05) is 11.9 Å². The number of benzene rings is 1. The maximum absolute atomic E-state index is 13.1. The van der Waals surface area contributed by atoms with Crippen LogP contribution in [0.4, 0.5) is 15.8 Å². The maximum atomic E-state index is 13.1. The third-order valence-electron chi connectivity index (χ3n) is 2.49. The SMILES string of the molecule is O=C(O)CCCCCNc1cc(F)cc([N+](=O)[O-])c1. The Morgan fingerprint density at radius 3 is 2.68 bits per heavy atom. The average molecular weight is 270 g/mol. The highest BCUT2D eigenvalue weighted by atomic mass is 19.1. The van der Waals surface area contributed by atoms with Crippen molar-refractivity contribution in [3.05, 3.63) is 34.1 Å². The highest BCUT2D eigenvalue weighted by Gasteiger charge is 2.09. The van der Waals surface area contributed by atoms with Gasteiger partial charge in [0.25, 0.3) is 5.69 Å². The van der Waals surface area contributed by atoms with Crippen LogP contribution < -0.4 is 5.32 Å². The number of halogens is 1. The quantitative estimate of drug-likeness (QED) is 0.430. The molecule has 0 aliphatic heterocycles. The van der Waals surface area contributed by atoms with E-state index in [1.54, 1.807) is 0 Å². The number of anilines is 1. The van der Waals surface area contributed by atoms with Gasteiger partial charge in [-0.15, -0.1) is 0 Å². The fraction of sp³-hybridized carbons (Fsp3) is 0.417. The number of carboxylic acids is 1. The number of nitrogens with zero attached hydrogens (tertiary/aromatic N) is 1. The molecule has 0 aliphatic rings. The van der Waals surface area contributed by atoms with Crippen LogP contribution >= 0.6 is 0 Å². The Labute approximate surface area is 109 Å². The fourth-order valence-corrected chi connectivity index (χ4v) is 1.59. The summed E-state index contributed by atoms with van der Waals surface area (Å²) >= 11 is 0. The molecule has 1 aromatic carbocycles. The molecule has 0 radical (unpaired) electrons. The lowest BCUT2D eigenvalue weighted by atomic mass is 10.2. The molecule has 0 unspecified atom stereocenters.